The van der Waals surface area contributed by atoms with E-state index >= 15 is 0 Å². The minimum absolute atomic E-state index is 0. The van der Waals surface area contributed by atoms with Crippen molar-refractivity contribution in [1.29, 1.82) is 0 Å². The summed E-state index contributed by atoms with van der Waals surface area (Å²) in [7, 11) is 1.78. The molecule has 4 nitrogen and oxygen atoms in total. The molecule has 0 spiro atoms. The topological polar surface area (TPSA) is 64.3 Å². The van der Waals surface area contributed by atoms with Crippen molar-refractivity contribution in [2.24, 2.45) is 5.73 Å². The Balaban J connectivity index is -0.000000605. The van der Waals surface area contributed by atoms with Crippen molar-refractivity contribution in [1.82, 2.24) is 4.72 Å². The summed E-state index contributed by atoms with van der Waals surface area (Å²) in [5.74, 6) is -0.192. The molecule has 14 heavy (non-hydrogen) atoms. The highest BCUT2D eigenvalue weighted by Crippen LogP contribution is 2.11. The van der Waals surface area contributed by atoms with E-state index in [1.54, 1.807) is 7.05 Å². The standard InChI is InChI=1S/C7H16N2O2S.2ClH/c1-3-6(12-9-2)7(10)11-5-4-8;;/h6,9H,3-5,8H2,1-2H3;2*1H. The fraction of sp³-hybridized carbons (Fsp3) is 0.857. The van der Waals surface area contributed by atoms with Gasteiger partial charge in [0.1, 0.15) is 11.9 Å². The molecule has 1 atom stereocenters. The second-order valence-electron chi connectivity index (χ2n) is 2.18. The van der Waals surface area contributed by atoms with Gasteiger partial charge >= 0.3 is 5.97 Å². The molecule has 88 valence electrons. The number of rotatable bonds is 6. The SMILES string of the molecule is CCC(SNC)C(=O)OCCN.Cl.Cl. The number of hydrogen-bond acceptors (Lipinski definition) is 5. The van der Waals surface area contributed by atoms with Crippen molar-refractivity contribution < 1.29 is 9.53 Å². The van der Waals surface area contributed by atoms with E-state index in [0.717, 1.165) is 6.42 Å². The summed E-state index contributed by atoms with van der Waals surface area (Å²) in [4.78, 5) is 11.2. The molecule has 0 aromatic rings. The number of hydrogen-bond donors (Lipinski definition) is 2. The van der Waals surface area contributed by atoms with Crippen molar-refractivity contribution in [3.8, 4) is 0 Å². The summed E-state index contributed by atoms with van der Waals surface area (Å²) < 4.78 is 7.73. The number of nitrogens with one attached hydrogen (secondary N) is 1. The molecule has 0 heterocycles. The molecule has 0 fully saturated rings. The Hall–Kier alpha value is 0.320. The summed E-state index contributed by atoms with van der Waals surface area (Å²) in [6, 6.07) is 0. The zero-order valence-corrected chi connectivity index (χ0v) is 10.8. The van der Waals surface area contributed by atoms with Gasteiger partial charge in [0, 0.05) is 6.54 Å². The predicted octanol–water partition coefficient (Wildman–Crippen LogP) is 0.978. The quantitative estimate of drug-likeness (QED) is 0.553. The Labute approximate surface area is 102 Å². The molecule has 0 amide bonds. The molecule has 0 radical (unpaired) electrons. The molecule has 0 aliphatic heterocycles. The van der Waals surface area contributed by atoms with Crippen molar-refractivity contribution in [3.63, 3.8) is 0 Å². The first-order chi connectivity index (χ1) is 5.76. The summed E-state index contributed by atoms with van der Waals surface area (Å²) in [6.07, 6.45) is 0.759. The van der Waals surface area contributed by atoms with Crippen LogP contribution in [0, 0.1) is 0 Å². The van der Waals surface area contributed by atoms with Crippen molar-refractivity contribution in [3.05, 3.63) is 0 Å². The van der Waals surface area contributed by atoms with Crippen LogP contribution >= 0.6 is 36.8 Å². The van der Waals surface area contributed by atoms with Crippen LogP contribution in [0.2, 0.25) is 0 Å². The normalized spacial score (nSPS) is 10.8. The minimum Gasteiger partial charge on any atom is -0.463 e. The summed E-state index contributed by atoms with van der Waals surface area (Å²) in [6.45, 7) is 2.63. The molecule has 0 aliphatic rings. The number of nitrogens with two attached hydrogens (primary N) is 1. The van der Waals surface area contributed by atoms with Crippen LogP contribution in [0.1, 0.15) is 13.3 Å². The highest BCUT2D eigenvalue weighted by Gasteiger charge is 2.17. The second-order valence-corrected chi connectivity index (χ2v) is 3.39. The molecule has 0 bridgehead atoms. The van der Waals surface area contributed by atoms with E-state index in [-0.39, 0.29) is 36.0 Å². The van der Waals surface area contributed by atoms with E-state index in [1.165, 1.54) is 11.9 Å². The monoisotopic (exact) mass is 264 g/mol. The maximum atomic E-state index is 11.2. The number of ether oxygens (including phenoxy) is 1. The number of carbonyl (C=O) groups excluding carboxylic acids is 1. The first-order valence-electron chi connectivity index (χ1n) is 3.95. The van der Waals surface area contributed by atoms with Crippen LogP contribution in [-0.2, 0) is 9.53 Å². The maximum absolute atomic E-state index is 11.2. The number of halogens is 2. The van der Waals surface area contributed by atoms with Crippen LogP contribution in [0.3, 0.4) is 0 Å². The Kier molecular flexibility index (Phi) is 18.9. The van der Waals surface area contributed by atoms with E-state index < -0.39 is 0 Å². The van der Waals surface area contributed by atoms with E-state index in [2.05, 4.69) is 4.72 Å². The fourth-order valence-corrected chi connectivity index (χ4v) is 1.31. The van der Waals surface area contributed by atoms with Gasteiger partial charge in [0.15, 0.2) is 0 Å². The molecule has 7 heteroatoms. The van der Waals surface area contributed by atoms with Crippen LogP contribution in [0.5, 0.6) is 0 Å². The van der Waals surface area contributed by atoms with E-state index in [4.69, 9.17) is 10.5 Å². The smallest absolute Gasteiger partial charge is 0.320 e. The van der Waals surface area contributed by atoms with E-state index in [9.17, 15) is 4.79 Å². The molecule has 1 unspecified atom stereocenters. The lowest BCUT2D eigenvalue weighted by Crippen LogP contribution is -2.24. The lowest BCUT2D eigenvalue weighted by molar-refractivity contribution is -0.142. The van der Waals surface area contributed by atoms with Gasteiger partial charge in [-0.05, 0) is 13.5 Å². The molecule has 0 rings (SSSR count). The minimum atomic E-state index is -0.192. The van der Waals surface area contributed by atoms with Crippen molar-refractivity contribution >= 4 is 42.7 Å². The highest BCUT2D eigenvalue weighted by molar-refractivity contribution is 7.98. The third-order valence-electron chi connectivity index (χ3n) is 1.26. The largest absolute Gasteiger partial charge is 0.463 e. The third kappa shape index (κ3) is 8.90. The Bertz CT molecular complexity index is 141. The summed E-state index contributed by atoms with van der Waals surface area (Å²) in [5.41, 5.74) is 5.19. The molecule has 0 saturated heterocycles. The van der Waals surface area contributed by atoms with Crippen LogP contribution in [0.4, 0.5) is 0 Å². The average Bonchev–Trinajstić information content (AvgIpc) is 2.10. The van der Waals surface area contributed by atoms with Crippen LogP contribution in [0.25, 0.3) is 0 Å². The van der Waals surface area contributed by atoms with E-state index in [0.29, 0.717) is 13.2 Å². The Morgan fingerprint density at radius 2 is 2.14 bits per heavy atom. The third-order valence-corrected chi connectivity index (χ3v) is 2.30. The molecular weight excluding hydrogens is 247 g/mol. The van der Waals surface area contributed by atoms with Gasteiger partial charge in [-0.2, -0.15) is 0 Å². The second kappa shape index (κ2) is 13.3. The fourth-order valence-electron chi connectivity index (χ4n) is 0.693. The Morgan fingerprint density at radius 3 is 2.50 bits per heavy atom. The average molecular weight is 265 g/mol. The van der Waals surface area contributed by atoms with Crippen LogP contribution in [0.15, 0.2) is 0 Å². The zero-order valence-electron chi connectivity index (χ0n) is 8.32. The summed E-state index contributed by atoms with van der Waals surface area (Å²) in [5, 5.41) is -0.124. The van der Waals surface area contributed by atoms with Gasteiger partial charge in [0.25, 0.3) is 0 Å². The van der Waals surface area contributed by atoms with Gasteiger partial charge in [-0.25, -0.2) is 0 Å². The van der Waals surface area contributed by atoms with Gasteiger partial charge in [-0.1, -0.05) is 18.9 Å². The van der Waals surface area contributed by atoms with Crippen LogP contribution in [-0.4, -0.2) is 31.4 Å². The van der Waals surface area contributed by atoms with Gasteiger partial charge in [0.2, 0.25) is 0 Å². The first kappa shape index (κ1) is 19.8. The van der Waals surface area contributed by atoms with E-state index in [1.807, 2.05) is 6.92 Å². The van der Waals surface area contributed by atoms with Gasteiger partial charge in [-0.3, -0.25) is 9.52 Å². The molecule has 0 aliphatic carbocycles. The highest BCUT2D eigenvalue weighted by atomic mass is 35.5. The predicted molar refractivity (Wildman–Crippen MR) is 65.2 cm³/mol. The number of carbonyl (C=O) groups is 1. The van der Waals surface area contributed by atoms with Gasteiger partial charge < -0.3 is 10.5 Å². The molecule has 0 aromatic carbocycles. The zero-order chi connectivity index (χ0) is 9.40. The Morgan fingerprint density at radius 1 is 1.57 bits per heavy atom. The maximum Gasteiger partial charge on any atom is 0.320 e. The first-order valence-corrected chi connectivity index (χ1v) is 4.83. The molecule has 3 N–H and O–H groups in total. The van der Waals surface area contributed by atoms with Crippen LogP contribution < -0.4 is 10.5 Å². The van der Waals surface area contributed by atoms with Gasteiger partial charge in [-0.15, -0.1) is 24.8 Å². The lowest BCUT2D eigenvalue weighted by Gasteiger charge is -2.11. The van der Waals surface area contributed by atoms with Gasteiger partial charge in [0.05, 0.1) is 0 Å². The lowest BCUT2D eigenvalue weighted by atomic mass is 10.3. The van der Waals surface area contributed by atoms with Crippen molar-refractivity contribution in [2.45, 2.75) is 18.6 Å². The van der Waals surface area contributed by atoms with Crippen molar-refractivity contribution in [2.75, 3.05) is 20.2 Å². The summed E-state index contributed by atoms with van der Waals surface area (Å²) >= 11 is 1.37. The molecular formula is C7H18Cl2N2O2S. The number of esters is 1. The molecule has 0 aromatic heterocycles. The molecule has 0 saturated carbocycles.